The van der Waals surface area contributed by atoms with Gasteiger partial charge in [-0.05, 0) is 18.1 Å². The number of hydrogen-bond donors (Lipinski definition) is 0. The summed E-state index contributed by atoms with van der Waals surface area (Å²) in [5, 5.41) is 0. The zero-order valence-electron chi connectivity index (χ0n) is 6.67. The second-order valence-electron chi connectivity index (χ2n) is 2.39. The van der Waals surface area contributed by atoms with Crippen LogP contribution in [-0.2, 0) is 0 Å². The minimum atomic E-state index is 0.933. The van der Waals surface area contributed by atoms with E-state index in [2.05, 4.69) is 18.2 Å². The van der Waals surface area contributed by atoms with Crippen molar-refractivity contribution in [3.8, 4) is 0 Å². The van der Waals surface area contributed by atoms with Crippen LogP contribution in [0.15, 0.2) is 53.7 Å². The molecule has 1 aliphatic carbocycles. The summed E-state index contributed by atoms with van der Waals surface area (Å²) < 4.78 is 0. The van der Waals surface area contributed by atoms with Crippen molar-refractivity contribution in [1.82, 2.24) is 0 Å². The van der Waals surface area contributed by atoms with Crippen LogP contribution in [0.4, 0.5) is 0 Å². The van der Waals surface area contributed by atoms with Crippen molar-refractivity contribution in [3.05, 3.63) is 48.7 Å². The molecule has 0 amide bonds. The monoisotopic (exact) mass is 145 g/mol. The van der Waals surface area contributed by atoms with Crippen molar-refractivity contribution in [2.45, 2.75) is 6.92 Å². The summed E-state index contributed by atoms with van der Waals surface area (Å²) in [5.74, 6) is 0. The van der Waals surface area contributed by atoms with E-state index in [4.69, 9.17) is 0 Å². The summed E-state index contributed by atoms with van der Waals surface area (Å²) in [4.78, 5) is 4.11. The number of aliphatic imine (C=N–C) groups is 1. The SMILES string of the molecule is C=CN=C1C(=C)C=CC=C1C. The van der Waals surface area contributed by atoms with Crippen molar-refractivity contribution in [1.29, 1.82) is 0 Å². The highest BCUT2D eigenvalue weighted by molar-refractivity contribution is 6.14. The van der Waals surface area contributed by atoms with Crippen molar-refractivity contribution in [2.24, 2.45) is 4.99 Å². The minimum absolute atomic E-state index is 0.933. The molecule has 0 aliphatic heterocycles. The molecule has 0 bridgehead atoms. The molecule has 1 aliphatic rings. The number of nitrogens with zero attached hydrogens (tertiary/aromatic N) is 1. The maximum atomic E-state index is 4.11. The summed E-state index contributed by atoms with van der Waals surface area (Å²) in [5.41, 5.74) is 3.02. The molecule has 0 saturated heterocycles. The third-order valence-electron chi connectivity index (χ3n) is 1.54. The maximum absolute atomic E-state index is 4.11. The zero-order valence-corrected chi connectivity index (χ0v) is 6.67. The van der Waals surface area contributed by atoms with Gasteiger partial charge in [-0.2, -0.15) is 0 Å². The molecule has 0 spiro atoms. The molecule has 0 N–H and O–H groups in total. The summed E-state index contributed by atoms with van der Waals surface area (Å²) in [7, 11) is 0. The molecule has 0 aromatic rings. The van der Waals surface area contributed by atoms with E-state index in [0.29, 0.717) is 0 Å². The summed E-state index contributed by atoms with van der Waals surface area (Å²) in [6, 6.07) is 0. The molecule has 0 heterocycles. The molecule has 1 heteroatoms. The first-order valence-electron chi connectivity index (χ1n) is 3.49. The Hall–Kier alpha value is -1.37. The first-order chi connectivity index (χ1) is 5.25. The molecule has 0 saturated carbocycles. The lowest BCUT2D eigenvalue weighted by atomic mass is 10.0. The molecule has 0 fully saturated rings. The Bertz CT molecular complexity index is 277. The zero-order chi connectivity index (χ0) is 8.27. The van der Waals surface area contributed by atoms with Crippen molar-refractivity contribution < 1.29 is 0 Å². The van der Waals surface area contributed by atoms with Gasteiger partial charge in [0.05, 0.1) is 5.71 Å². The van der Waals surface area contributed by atoms with Gasteiger partial charge in [-0.15, -0.1) is 0 Å². The van der Waals surface area contributed by atoms with E-state index < -0.39 is 0 Å². The molecule has 0 unspecified atom stereocenters. The van der Waals surface area contributed by atoms with Gasteiger partial charge in [0.25, 0.3) is 0 Å². The largest absolute Gasteiger partial charge is 0.257 e. The standard InChI is InChI=1S/C10H11N/c1-4-11-10-8(2)6-5-7-9(10)3/h4-7H,1-2H2,3H3. The van der Waals surface area contributed by atoms with Gasteiger partial charge in [-0.25, -0.2) is 0 Å². The van der Waals surface area contributed by atoms with E-state index in [1.165, 1.54) is 6.20 Å². The quantitative estimate of drug-likeness (QED) is 0.538. The van der Waals surface area contributed by atoms with Crippen LogP contribution in [0, 0.1) is 0 Å². The fourth-order valence-corrected chi connectivity index (χ4v) is 0.996. The maximum Gasteiger partial charge on any atom is 0.0724 e. The number of rotatable bonds is 1. The molecular weight excluding hydrogens is 134 g/mol. The Morgan fingerprint density at radius 2 is 2.27 bits per heavy atom. The first kappa shape index (κ1) is 7.73. The van der Waals surface area contributed by atoms with E-state index in [0.717, 1.165) is 16.9 Å². The predicted molar refractivity (Wildman–Crippen MR) is 49.7 cm³/mol. The van der Waals surface area contributed by atoms with E-state index >= 15 is 0 Å². The van der Waals surface area contributed by atoms with E-state index in [1.807, 2.05) is 25.2 Å². The molecule has 0 atom stereocenters. The molecule has 1 rings (SSSR count). The van der Waals surface area contributed by atoms with Crippen LogP contribution < -0.4 is 0 Å². The Morgan fingerprint density at radius 3 is 2.82 bits per heavy atom. The molecule has 0 radical (unpaired) electrons. The van der Waals surface area contributed by atoms with Gasteiger partial charge in [0.2, 0.25) is 0 Å². The average Bonchev–Trinajstić information content (AvgIpc) is 1.97. The Balaban J connectivity index is 3.05. The summed E-state index contributed by atoms with van der Waals surface area (Å²) >= 11 is 0. The normalized spacial score (nSPS) is 20.3. The van der Waals surface area contributed by atoms with Gasteiger partial charge in [0.1, 0.15) is 0 Å². The van der Waals surface area contributed by atoms with Crippen LogP contribution in [0.2, 0.25) is 0 Å². The van der Waals surface area contributed by atoms with Crippen molar-refractivity contribution >= 4 is 5.71 Å². The second kappa shape index (κ2) is 3.15. The molecule has 1 nitrogen and oxygen atoms in total. The first-order valence-corrected chi connectivity index (χ1v) is 3.49. The number of allylic oxidation sites excluding steroid dienone is 5. The van der Waals surface area contributed by atoms with Gasteiger partial charge in [-0.1, -0.05) is 31.4 Å². The van der Waals surface area contributed by atoms with Gasteiger partial charge >= 0.3 is 0 Å². The van der Waals surface area contributed by atoms with Crippen LogP contribution in [-0.4, -0.2) is 5.71 Å². The Kier molecular flexibility index (Phi) is 2.21. The average molecular weight is 145 g/mol. The van der Waals surface area contributed by atoms with Gasteiger partial charge in [0, 0.05) is 6.20 Å². The highest BCUT2D eigenvalue weighted by Gasteiger charge is 2.05. The van der Waals surface area contributed by atoms with Crippen LogP contribution in [0.25, 0.3) is 0 Å². The van der Waals surface area contributed by atoms with Gasteiger partial charge in [-0.3, -0.25) is 4.99 Å². The van der Waals surface area contributed by atoms with E-state index in [1.54, 1.807) is 0 Å². The van der Waals surface area contributed by atoms with Crippen LogP contribution >= 0.6 is 0 Å². The third kappa shape index (κ3) is 1.55. The van der Waals surface area contributed by atoms with Gasteiger partial charge in [0.15, 0.2) is 0 Å². The fourth-order valence-electron chi connectivity index (χ4n) is 0.996. The van der Waals surface area contributed by atoms with Crippen LogP contribution in [0.5, 0.6) is 0 Å². The molecule has 0 aromatic heterocycles. The minimum Gasteiger partial charge on any atom is -0.257 e. The Labute approximate surface area is 67.2 Å². The summed E-state index contributed by atoms with van der Waals surface area (Å²) in [6.07, 6.45) is 7.46. The predicted octanol–water partition coefficient (Wildman–Crippen LogP) is 2.64. The lowest BCUT2D eigenvalue weighted by Gasteiger charge is -2.08. The van der Waals surface area contributed by atoms with E-state index in [9.17, 15) is 0 Å². The smallest absolute Gasteiger partial charge is 0.0724 e. The third-order valence-corrected chi connectivity index (χ3v) is 1.54. The summed E-state index contributed by atoms with van der Waals surface area (Å²) in [6.45, 7) is 9.41. The molecule has 56 valence electrons. The highest BCUT2D eigenvalue weighted by Crippen LogP contribution is 2.13. The van der Waals surface area contributed by atoms with E-state index in [-0.39, 0.29) is 0 Å². The topological polar surface area (TPSA) is 12.4 Å². The van der Waals surface area contributed by atoms with Gasteiger partial charge < -0.3 is 0 Å². The van der Waals surface area contributed by atoms with Crippen LogP contribution in [0.1, 0.15) is 6.92 Å². The van der Waals surface area contributed by atoms with Crippen molar-refractivity contribution in [3.63, 3.8) is 0 Å². The second-order valence-corrected chi connectivity index (χ2v) is 2.39. The van der Waals surface area contributed by atoms with Crippen LogP contribution in [0.3, 0.4) is 0 Å². The lowest BCUT2D eigenvalue weighted by Crippen LogP contribution is -2.03. The Morgan fingerprint density at radius 1 is 1.55 bits per heavy atom. The number of hydrogen-bond acceptors (Lipinski definition) is 1. The lowest BCUT2D eigenvalue weighted by molar-refractivity contribution is 1.46. The highest BCUT2D eigenvalue weighted by atomic mass is 14.7. The molecular formula is C10H11N. The van der Waals surface area contributed by atoms with Crippen molar-refractivity contribution in [2.75, 3.05) is 0 Å². The molecule has 11 heavy (non-hydrogen) atoms. The fraction of sp³-hybridized carbons (Fsp3) is 0.100. The molecule has 0 aromatic carbocycles.